The zero-order valence-electron chi connectivity index (χ0n) is 16.0. The minimum absolute atomic E-state index is 0.159. The fraction of sp³-hybridized carbons (Fsp3) is 0.190. The lowest BCUT2D eigenvalue weighted by molar-refractivity contribution is -0.120. The molecule has 1 amide bonds. The first kappa shape index (κ1) is 21.8. The summed E-state index contributed by atoms with van der Waals surface area (Å²) >= 11 is 1.14. The molecule has 6 nitrogen and oxygen atoms in total. The third-order valence-corrected chi connectivity index (χ3v) is 6.85. The van der Waals surface area contributed by atoms with Gasteiger partial charge in [-0.25, -0.2) is 12.8 Å². The Morgan fingerprint density at radius 1 is 1.03 bits per heavy atom. The minimum Gasteiger partial charge on any atom is -0.490 e. The predicted molar refractivity (Wildman–Crippen MR) is 115 cm³/mol. The number of hydrogen-bond acceptors (Lipinski definition) is 5. The highest BCUT2D eigenvalue weighted by Gasteiger charge is 2.15. The molecule has 0 atom stereocenters. The number of anilines is 1. The molecule has 0 saturated carbocycles. The fourth-order valence-electron chi connectivity index (χ4n) is 2.60. The van der Waals surface area contributed by atoms with Crippen molar-refractivity contribution in [1.82, 2.24) is 5.32 Å². The molecule has 9 heteroatoms. The van der Waals surface area contributed by atoms with Gasteiger partial charge in [-0.05, 0) is 47.7 Å². The second-order valence-corrected chi connectivity index (χ2v) is 9.25. The van der Waals surface area contributed by atoms with Crippen LogP contribution in [0.2, 0.25) is 0 Å². The zero-order valence-corrected chi connectivity index (χ0v) is 17.6. The van der Waals surface area contributed by atoms with E-state index in [9.17, 15) is 17.6 Å². The van der Waals surface area contributed by atoms with Crippen molar-refractivity contribution in [3.8, 4) is 5.75 Å². The van der Waals surface area contributed by atoms with Gasteiger partial charge in [-0.15, -0.1) is 11.3 Å². The van der Waals surface area contributed by atoms with Crippen LogP contribution < -0.4 is 14.8 Å². The van der Waals surface area contributed by atoms with Crippen LogP contribution in [-0.4, -0.2) is 27.5 Å². The number of benzene rings is 2. The molecule has 2 N–H and O–H groups in total. The maximum Gasteiger partial charge on any atom is 0.271 e. The molecule has 0 radical (unpaired) electrons. The van der Waals surface area contributed by atoms with Crippen molar-refractivity contribution in [1.29, 1.82) is 0 Å². The Morgan fingerprint density at radius 3 is 2.50 bits per heavy atom. The van der Waals surface area contributed by atoms with Crippen LogP contribution in [0, 0.1) is 5.82 Å². The number of amides is 1. The predicted octanol–water partition coefficient (Wildman–Crippen LogP) is 3.82. The minimum atomic E-state index is -3.59. The van der Waals surface area contributed by atoms with Crippen LogP contribution in [0.4, 0.5) is 10.1 Å². The molecule has 0 saturated heterocycles. The average Bonchev–Trinajstić information content (AvgIpc) is 3.26. The smallest absolute Gasteiger partial charge is 0.271 e. The number of ether oxygens (including phenoxy) is 1. The van der Waals surface area contributed by atoms with E-state index in [1.807, 2.05) is 0 Å². The van der Waals surface area contributed by atoms with Gasteiger partial charge in [0, 0.05) is 12.2 Å². The van der Waals surface area contributed by atoms with Crippen molar-refractivity contribution < 1.29 is 22.3 Å². The van der Waals surface area contributed by atoms with Crippen molar-refractivity contribution in [2.45, 2.75) is 17.1 Å². The lowest BCUT2D eigenvalue weighted by Gasteiger charge is -2.09. The van der Waals surface area contributed by atoms with Gasteiger partial charge in [0.05, 0.1) is 13.0 Å². The van der Waals surface area contributed by atoms with Crippen molar-refractivity contribution in [2.75, 3.05) is 17.9 Å². The number of carbonyl (C=O) groups is 1. The number of hydrogen-bond donors (Lipinski definition) is 2. The van der Waals surface area contributed by atoms with Crippen LogP contribution in [-0.2, 0) is 21.2 Å². The molecule has 0 fully saturated rings. The summed E-state index contributed by atoms with van der Waals surface area (Å²) in [6, 6.07) is 16.0. The average molecular weight is 449 g/mol. The van der Waals surface area contributed by atoms with Crippen LogP contribution in [0.3, 0.4) is 0 Å². The van der Waals surface area contributed by atoms with E-state index in [0.717, 1.165) is 16.9 Å². The highest BCUT2D eigenvalue weighted by atomic mass is 32.2. The van der Waals surface area contributed by atoms with Crippen molar-refractivity contribution >= 4 is 33.0 Å². The largest absolute Gasteiger partial charge is 0.490 e. The molecule has 1 aromatic heterocycles. The van der Waals surface area contributed by atoms with Gasteiger partial charge in [-0.1, -0.05) is 30.3 Å². The second kappa shape index (κ2) is 10.2. The van der Waals surface area contributed by atoms with Crippen LogP contribution in [0.25, 0.3) is 0 Å². The first-order chi connectivity index (χ1) is 14.4. The number of halogens is 1. The molecule has 30 heavy (non-hydrogen) atoms. The van der Waals surface area contributed by atoms with E-state index >= 15 is 0 Å². The Balaban J connectivity index is 1.39. The van der Waals surface area contributed by atoms with Crippen LogP contribution in [0.1, 0.15) is 12.0 Å². The van der Waals surface area contributed by atoms with Gasteiger partial charge in [0.2, 0.25) is 5.91 Å². The molecule has 0 aliphatic carbocycles. The molecule has 0 aliphatic rings. The Morgan fingerprint density at radius 2 is 1.80 bits per heavy atom. The molecule has 3 rings (SSSR count). The quantitative estimate of drug-likeness (QED) is 0.462. The van der Waals surface area contributed by atoms with Gasteiger partial charge in [0.25, 0.3) is 10.0 Å². The summed E-state index contributed by atoms with van der Waals surface area (Å²) in [4.78, 5) is 12.0. The van der Waals surface area contributed by atoms with E-state index in [4.69, 9.17) is 4.74 Å². The van der Waals surface area contributed by atoms with Gasteiger partial charge < -0.3 is 10.1 Å². The normalized spacial score (nSPS) is 11.1. The van der Waals surface area contributed by atoms with E-state index in [0.29, 0.717) is 25.3 Å². The number of para-hydroxylation sites is 1. The van der Waals surface area contributed by atoms with Gasteiger partial charge in [-0.2, -0.15) is 0 Å². The van der Waals surface area contributed by atoms with Crippen molar-refractivity contribution in [3.05, 3.63) is 77.4 Å². The lowest BCUT2D eigenvalue weighted by atomic mass is 10.1. The SMILES string of the molecule is O=C(Cc1ccc(NS(=O)(=O)c2cccs2)cc1)NCCCOc1ccccc1F. The first-order valence-corrected chi connectivity index (χ1v) is 11.6. The van der Waals surface area contributed by atoms with Crippen LogP contribution >= 0.6 is 11.3 Å². The highest BCUT2D eigenvalue weighted by molar-refractivity contribution is 7.94. The molecular weight excluding hydrogens is 427 g/mol. The molecule has 2 aromatic carbocycles. The van der Waals surface area contributed by atoms with Crippen LogP contribution in [0.5, 0.6) is 5.75 Å². The molecule has 3 aromatic rings. The summed E-state index contributed by atoms with van der Waals surface area (Å²) in [6.45, 7) is 0.701. The van der Waals surface area contributed by atoms with Gasteiger partial charge in [-0.3, -0.25) is 9.52 Å². The molecule has 0 spiro atoms. The number of nitrogens with one attached hydrogen (secondary N) is 2. The molecule has 158 valence electrons. The van der Waals surface area contributed by atoms with Crippen LogP contribution in [0.15, 0.2) is 70.3 Å². The maximum atomic E-state index is 13.4. The molecular formula is C21H21FN2O4S2. The summed E-state index contributed by atoms with van der Waals surface area (Å²) in [7, 11) is -3.59. The highest BCUT2D eigenvalue weighted by Crippen LogP contribution is 2.20. The van der Waals surface area contributed by atoms with E-state index in [-0.39, 0.29) is 22.3 Å². The zero-order chi connectivity index (χ0) is 21.4. The summed E-state index contributed by atoms with van der Waals surface area (Å²) < 4.78 is 45.9. The maximum absolute atomic E-state index is 13.4. The van der Waals surface area contributed by atoms with Gasteiger partial charge >= 0.3 is 0 Å². The third kappa shape index (κ3) is 6.30. The van der Waals surface area contributed by atoms with Gasteiger partial charge in [0.1, 0.15) is 4.21 Å². The van der Waals surface area contributed by atoms with Gasteiger partial charge in [0.15, 0.2) is 11.6 Å². The Kier molecular flexibility index (Phi) is 7.42. The first-order valence-electron chi connectivity index (χ1n) is 9.23. The summed E-state index contributed by atoms with van der Waals surface area (Å²) in [5.74, 6) is -0.380. The topological polar surface area (TPSA) is 84.5 Å². The standard InChI is InChI=1S/C21H21FN2O4S2/c22-18-5-1-2-6-19(18)28-13-4-12-23-20(25)15-16-8-10-17(11-9-16)24-30(26,27)21-7-3-14-29-21/h1-3,5-11,14,24H,4,12-13,15H2,(H,23,25). The summed E-state index contributed by atoms with van der Waals surface area (Å²) in [6.07, 6.45) is 0.718. The molecule has 0 bridgehead atoms. The number of thiophene rings is 1. The van der Waals surface area contributed by atoms with E-state index < -0.39 is 15.8 Å². The summed E-state index contributed by atoms with van der Waals surface area (Å²) in [5.41, 5.74) is 1.19. The van der Waals surface area contributed by atoms with Crippen molar-refractivity contribution in [2.24, 2.45) is 0 Å². The lowest BCUT2D eigenvalue weighted by Crippen LogP contribution is -2.27. The fourth-order valence-corrected chi connectivity index (χ4v) is 4.66. The molecule has 0 aliphatic heterocycles. The Bertz CT molecular complexity index is 1070. The monoisotopic (exact) mass is 448 g/mol. The number of rotatable bonds is 10. The van der Waals surface area contributed by atoms with E-state index in [2.05, 4.69) is 10.0 Å². The third-order valence-electron chi connectivity index (χ3n) is 4.07. The van der Waals surface area contributed by atoms with Crippen molar-refractivity contribution in [3.63, 3.8) is 0 Å². The molecule has 0 unspecified atom stereocenters. The molecule has 1 heterocycles. The summed E-state index contributed by atoms with van der Waals surface area (Å²) in [5, 5.41) is 4.48. The number of carbonyl (C=O) groups excluding carboxylic acids is 1. The second-order valence-electron chi connectivity index (χ2n) is 6.39. The number of sulfonamides is 1. The van der Waals surface area contributed by atoms with E-state index in [1.54, 1.807) is 53.9 Å². The Labute approximate surface area is 178 Å². The Hall–Kier alpha value is -2.91. The van der Waals surface area contributed by atoms with E-state index in [1.165, 1.54) is 12.1 Å².